The third kappa shape index (κ3) is 2.98. The summed E-state index contributed by atoms with van der Waals surface area (Å²) in [5.74, 6) is -0.566. The zero-order chi connectivity index (χ0) is 16.6. The van der Waals surface area contributed by atoms with E-state index in [9.17, 15) is 9.59 Å². The smallest absolute Gasteiger partial charge is 0.291 e. The topological polar surface area (TPSA) is 59.3 Å². The molecule has 1 N–H and O–H groups in total. The number of anilines is 1. The summed E-state index contributed by atoms with van der Waals surface area (Å²) < 4.78 is 5.62. The van der Waals surface area contributed by atoms with E-state index < -0.39 is 5.91 Å². The first-order chi connectivity index (χ1) is 11.0. The normalized spacial score (nSPS) is 10.7. The Morgan fingerprint density at radius 1 is 1.13 bits per heavy atom. The van der Waals surface area contributed by atoms with E-state index in [1.54, 1.807) is 30.3 Å². The molecule has 23 heavy (non-hydrogen) atoms. The first-order valence-corrected chi connectivity index (χ1v) is 7.44. The summed E-state index contributed by atoms with van der Waals surface area (Å²) in [5, 5.41) is 3.55. The predicted octanol–water partition coefficient (Wildman–Crippen LogP) is 4.32. The van der Waals surface area contributed by atoms with Gasteiger partial charge >= 0.3 is 0 Å². The van der Waals surface area contributed by atoms with Crippen LogP contribution < -0.4 is 10.7 Å². The van der Waals surface area contributed by atoms with Gasteiger partial charge in [0.25, 0.3) is 5.91 Å². The molecule has 0 aliphatic carbocycles. The van der Waals surface area contributed by atoms with Gasteiger partial charge in [0.2, 0.25) is 0 Å². The van der Waals surface area contributed by atoms with Gasteiger partial charge in [-0.1, -0.05) is 29.8 Å². The van der Waals surface area contributed by atoms with Crippen LogP contribution >= 0.6 is 11.6 Å². The fourth-order valence-corrected chi connectivity index (χ4v) is 2.71. The van der Waals surface area contributed by atoms with Crippen LogP contribution in [-0.4, -0.2) is 5.91 Å². The lowest BCUT2D eigenvalue weighted by Gasteiger charge is -2.08. The number of halogens is 1. The first kappa shape index (κ1) is 15.3. The molecule has 3 rings (SSSR count). The van der Waals surface area contributed by atoms with Gasteiger partial charge in [0.15, 0.2) is 11.2 Å². The van der Waals surface area contributed by atoms with Crippen LogP contribution in [0.25, 0.3) is 11.0 Å². The largest absolute Gasteiger partial charge is 0.451 e. The number of fused-ring (bicyclic) bond motifs is 1. The van der Waals surface area contributed by atoms with E-state index in [1.807, 2.05) is 19.9 Å². The highest BCUT2D eigenvalue weighted by Crippen LogP contribution is 2.22. The molecule has 0 spiro atoms. The van der Waals surface area contributed by atoms with E-state index in [2.05, 4.69) is 5.32 Å². The zero-order valence-electron chi connectivity index (χ0n) is 12.6. The third-order valence-corrected chi connectivity index (χ3v) is 3.85. The minimum absolute atomic E-state index is 0.0487. The second-order valence-corrected chi connectivity index (χ2v) is 5.77. The number of hydrogen-bond donors (Lipinski definition) is 1. The highest BCUT2D eigenvalue weighted by molar-refractivity contribution is 6.33. The van der Waals surface area contributed by atoms with Gasteiger partial charge in [0.05, 0.1) is 16.1 Å². The van der Waals surface area contributed by atoms with Crippen molar-refractivity contribution < 1.29 is 9.21 Å². The monoisotopic (exact) mass is 327 g/mol. The summed E-state index contributed by atoms with van der Waals surface area (Å²) in [6, 6.07) is 11.7. The number of nitrogens with one attached hydrogen (secondary N) is 1. The van der Waals surface area contributed by atoms with Crippen LogP contribution in [0.3, 0.4) is 0 Å². The van der Waals surface area contributed by atoms with Crippen molar-refractivity contribution in [3.05, 3.63) is 74.6 Å². The molecular formula is C18H14ClNO3. The molecule has 0 bridgehead atoms. The Morgan fingerprint density at radius 2 is 1.87 bits per heavy atom. The molecule has 0 aliphatic heterocycles. The maximum Gasteiger partial charge on any atom is 0.291 e. The van der Waals surface area contributed by atoms with Gasteiger partial charge in [-0.05, 0) is 43.2 Å². The maximum atomic E-state index is 12.3. The molecule has 1 aromatic heterocycles. The average molecular weight is 328 g/mol. The summed E-state index contributed by atoms with van der Waals surface area (Å²) >= 11 is 6.02. The lowest BCUT2D eigenvalue weighted by molar-refractivity contribution is 0.0997. The van der Waals surface area contributed by atoms with Crippen molar-refractivity contribution in [2.45, 2.75) is 13.8 Å². The van der Waals surface area contributed by atoms with Gasteiger partial charge in [-0.3, -0.25) is 9.59 Å². The zero-order valence-corrected chi connectivity index (χ0v) is 13.4. The number of carbonyl (C=O) groups is 1. The van der Waals surface area contributed by atoms with Gasteiger partial charge in [-0.25, -0.2) is 0 Å². The van der Waals surface area contributed by atoms with Crippen LogP contribution in [0.2, 0.25) is 5.02 Å². The molecule has 1 heterocycles. The average Bonchev–Trinajstić information content (AvgIpc) is 2.48. The van der Waals surface area contributed by atoms with Crippen molar-refractivity contribution in [1.82, 2.24) is 0 Å². The van der Waals surface area contributed by atoms with E-state index in [4.69, 9.17) is 16.0 Å². The molecule has 0 fully saturated rings. The number of hydrogen-bond acceptors (Lipinski definition) is 3. The van der Waals surface area contributed by atoms with Crippen molar-refractivity contribution >= 4 is 34.2 Å². The number of aryl methyl sites for hydroxylation is 2. The Hall–Kier alpha value is -2.59. The molecule has 0 saturated heterocycles. The molecule has 4 nitrogen and oxygen atoms in total. The van der Waals surface area contributed by atoms with E-state index in [1.165, 1.54) is 6.07 Å². The Morgan fingerprint density at radius 3 is 2.61 bits per heavy atom. The SMILES string of the molecule is Cc1cc(C)c2c(=O)cc(C(=O)Nc3ccccc3Cl)oc2c1. The maximum absolute atomic E-state index is 12.3. The molecule has 0 saturated carbocycles. The lowest BCUT2D eigenvalue weighted by atomic mass is 10.1. The molecule has 2 aromatic carbocycles. The second kappa shape index (κ2) is 5.89. The predicted molar refractivity (Wildman–Crippen MR) is 91.4 cm³/mol. The van der Waals surface area contributed by atoms with Crippen LogP contribution in [0.5, 0.6) is 0 Å². The minimum Gasteiger partial charge on any atom is -0.451 e. The molecule has 3 aromatic rings. The second-order valence-electron chi connectivity index (χ2n) is 5.36. The summed E-state index contributed by atoms with van der Waals surface area (Å²) in [6.45, 7) is 3.75. The van der Waals surface area contributed by atoms with Crippen molar-refractivity contribution in [3.8, 4) is 0 Å². The van der Waals surface area contributed by atoms with Crippen LogP contribution in [0.4, 0.5) is 5.69 Å². The van der Waals surface area contributed by atoms with Gasteiger partial charge in [-0.2, -0.15) is 0 Å². The summed E-state index contributed by atoms with van der Waals surface area (Å²) in [4.78, 5) is 24.6. The standard InChI is InChI=1S/C18H14ClNO3/c1-10-7-11(2)17-14(21)9-16(23-15(17)8-10)18(22)20-13-6-4-3-5-12(13)19/h3-9H,1-2H3,(H,20,22). The molecule has 1 amide bonds. The van der Waals surface area contributed by atoms with Crippen molar-refractivity contribution in [3.63, 3.8) is 0 Å². The third-order valence-electron chi connectivity index (χ3n) is 3.52. The molecule has 0 radical (unpaired) electrons. The van der Waals surface area contributed by atoms with Crippen molar-refractivity contribution in [2.75, 3.05) is 5.32 Å². The van der Waals surface area contributed by atoms with Gasteiger partial charge in [0, 0.05) is 6.07 Å². The van der Waals surface area contributed by atoms with Gasteiger partial charge in [-0.15, -0.1) is 0 Å². The van der Waals surface area contributed by atoms with Crippen LogP contribution in [0.1, 0.15) is 21.7 Å². The van der Waals surface area contributed by atoms with Crippen molar-refractivity contribution in [2.24, 2.45) is 0 Å². The van der Waals surface area contributed by atoms with E-state index in [0.29, 0.717) is 21.7 Å². The summed E-state index contributed by atoms with van der Waals surface area (Å²) in [6.07, 6.45) is 0. The molecular weight excluding hydrogens is 314 g/mol. The Kier molecular flexibility index (Phi) is 3.92. The fraction of sp³-hybridized carbons (Fsp3) is 0.111. The van der Waals surface area contributed by atoms with Crippen LogP contribution in [0, 0.1) is 13.8 Å². The molecule has 0 unspecified atom stereocenters. The summed E-state index contributed by atoms with van der Waals surface area (Å²) in [7, 11) is 0. The van der Waals surface area contributed by atoms with Gasteiger partial charge in [0.1, 0.15) is 5.58 Å². The van der Waals surface area contributed by atoms with Crippen molar-refractivity contribution in [1.29, 1.82) is 0 Å². The first-order valence-electron chi connectivity index (χ1n) is 7.06. The van der Waals surface area contributed by atoms with Gasteiger partial charge < -0.3 is 9.73 Å². The number of rotatable bonds is 2. The minimum atomic E-state index is -0.517. The number of carbonyl (C=O) groups excluding carboxylic acids is 1. The highest BCUT2D eigenvalue weighted by atomic mass is 35.5. The number of amides is 1. The Labute approximate surface area is 137 Å². The molecule has 0 aliphatic rings. The quantitative estimate of drug-likeness (QED) is 0.762. The molecule has 0 atom stereocenters. The molecule has 116 valence electrons. The number of para-hydroxylation sites is 1. The number of benzene rings is 2. The fourth-order valence-electron chi connectivity index (χ4n) is 2.52. The summed E-state index contributed by atoms with van der Waals surface area (Å²) in [5.41, 5.74) is 2.41. The Bertz CT molecular complexity index is 976. The van der Waals surface area contributed by atoms with E-state index in [0.717, 1.165) is 11.1 Å². The lowest BCUT2D eigenvalue weighted by Crippen LogP contribution is -2.15. The van der Waals surface area contributed by atoms with Crippen LogP contribution in [-0.2, 0) is 0 Å². The van der Waals surface area contributed by atoms with E-state index >= 15 is 0 Å². The van der Waals surface area contributed by atoms with Crippen LogP contribution in [0.15, 0.2) is 51.7 Å². The van der Waals surface area contributed by atoms with E-state index in [-0.39, 0.29) is 11.2 Å². The highest BCUT2D eigenvalue weighted by Gasteiger charge is 2.15. The Balaban J connectivity index is 2.05. The molecule has 5 heteroatoms.